The summed E-state index contributed by atoms with van der Waals surface area (Å²) < 4.78 is 5.37. The number of nitrogens with zero attached hydrogens (tertiary/aromatic N) is 5. The summed E-state index contributed by atoms with van der Waals surface area (Å²) >= 11 is 0. The van der Waals surface area contributed by atoms with E-state index in [4.69, 9.17) is 4.74 Å². The first-order valence-corrected chi connectivity index (χ1v) is 10.0. The number of amides is 1. The normalized spacial score (nSPS) is 23.9. The molecule has 9 heteroatoms. The molecule has 1 saturated heterocycles. The van der Waals surface area contributed by atoms with Crippen LogP contribution in [-0.4, -0.2) is 83.4 Å². The van der Waals surface area contributed by atoms with E-state index >= 15 is 0 Å². The molecule has 3 heterocycles. The van der Waals surface area contributed by atoms with Crippen LogP contribution in [0.15, 0.2) is 18.2 Å². The van der Waals surface area contributed by atoms with Crippen molar-refractivity contribution in [2.75, 3.05) is 44.8 Å². The average molecular weight is 399 g/mol. The number of methoxy groups -OCH3 is 1. The molecule has 0 spiro atoms. The molecular weight excluding hydrogens is 370 g/mol. The fourth-order valence-corrected chi connectivity index (χ4v) is 4.39. The molecule has 1 fully saturated rings. The second-order valence-electron chi connectivity index (χ2n) is 8.69. The molecule has 0 aliphatic carbocycles. The van der Waals surface area contributed by atoms with Gasteiger partial charge in [0.15, 0.2) is 5.82 Å². The molecule has 0 saturated carbocycles. The third kappa shape index (κ3) is 3.90. The number of carbonyl (C=O) groups is 1. The SMILES string of the molecule is COC[C@H]1CN[C@H](C)CN1CC(=O)N1CC(C)(C)c2ccc(-c3nnn[nH]3)cc21. The Balaban J connectivity index is 1.59. The molecule has 156 valence electrons. The van der Waals surface area contributed by atoms with Gasteiger partial charge in [0, 0.05) is 55.5 Å². The zero-order chi connectivity index (χ0) is 20.6. The minimum Gasteiger partial charge on any atom is -0.383 e. The van der Waals surface area contributed by atoms with Crippen LogP contribution in [0.1, 0.15) is 26.3 Å². The molecule has 9 nitrogen and oxygen atoms in total. The fourth-order valence-electron chi connectivity index (χ4n) is 4.39. The first kappa shape index (κ1) is 19.9. The Hall–Kier alpha value is -2.36. The summed E-state index contributed by atoms with van der Waals surface area (Å²) in [5.74, 6) is 0.709. The Bertz CT molecular complexity index is 868. The van der Waals surface area contributed by atoms with E-state index in [1.807, 2.05) is 17.0 Å². The second-order valence-corrected chi connectivity index (χ2v) is 8.69. The lowest BCUT2D eigenvalue weighted by Crippen LogP contribution is -2.59. The lowest BCUT2D eigenvalue weighted by atomic mass is 9.86. The largest absolute Gasteiger partial charge is 0.383 e. The van der Waals surface area contributed by atoms with Crippen molar-refractivity contribution in [2.45, 2.75) is 38.3 Å². The maximum atomic E-state index is 13.4. The van der Waals surface area contributed by atoms with Gasteiger partial charge in [0.1, 0.15) is 0 Å². The van der Waals surface area contributed by atoms with E-state index in [9.17, 15) is 4.79 Å². The Morgan fingerprint density at radius 3 is 2.93 bits per heavy atom. The van der Waals surface area contributed by atoms with Crippen LogP contribution in [0.25, 0.3) is 11.4 Å². The Morgan fingerprint density at radius 2 is 2.21 bits per heavy atom. The van der Waals surface area contributed by atoms with Crippen molar-refractivity contribution < 1.29 is 9.53 Å². The minimum absolute atomic E-state index is 0.105. The molecule has 2 aromatic rings. The topological polar surface area (TPSA) is 99.3 Å². The Kier molecular flexibility index (Phi) is 5.37. The number of fused-ring (bicyclic) bond motifs is 1. The standard InChI is InChI=1S/C20H29N7O2/c1-13-9-26(15(8-21-13)11-29-4)10-18(28)27-12-20(2,3)16-6-5-14(7-17(16)27)19-22-24-25-23-19/h5-7,13,15,21H,8-12H2,1-4H3,(H,22,23,24,25)/t13-,15-/m1/s1. The van der Waals surface area contributed by atoms with E-state index in [1.165, 1.54) is 5.56 Å². The quantitative estimate of drug-likeness (QED) is 0.767. The molecular formula is C20H29N7O2. The van der Waals surface area contributed by atoms with Gasteiger partial charge >= 0.3 is 0 Å². The van der Waals surface area contributed by atoms with E-state index in [0.717, 1.165) is 24.3 Å². The van der Waals surface area contributed by atoms with Gasteiger partial charge in [-0.05, 0) is 29.0 Å². The second kappa shape index (κ2) is 7.81. The first-order valence-electron chi connectivity index (χ1n) is 10.0. The van der Waals surface area contributed by atoms with Crippen molar-refractivity contribution in [3.05, 3.63) is 23.8 Å². The maximum absolute atomic E-state index is 13.4. The number of aromatic amines is 1. The highest BCUT2D eigenvalue weighted by Crippen LogP contribution is 2.42. The third-order valence-corrected chi connectivity index (χ3v) is 5.91. The number of hydrogen-bond donors (Lipinski definition) is 2. The Morgan fingerprint density at radius 1 is 1.38 bits per heavy atom. The first-order chi connectivity index (χ1) is 13.9. The lowest BCUT2D eigenvalue weighted by molar-refractivity contribution is -0.121. The number of H-pyrrole nitrogens is 1. The molecule has 29 heavy (non-hydrogen) atoms. The van der Waals surface area contributed by atoms with Gasteiger partial charge in [-0.3, -0.25) is 9.69 Å². The smallest absolute Gasteiger partial charge is 0.241 e. The number of rotatable bonds is 5. The van der Waals surface area contributed by atoms with Gasteiger partial charge in [-0.25, -0.2) is 5.10 Å². The van der Waals surface area contributed by atoms with Gasteiger partial charge in [0.25, 0.3) is 0 Å². The van der Waals surface area contributed by atoms with E-state index in [0.29, 0.717) is 31.6 Å². The number of nitrogens with one attached hydrogen (secondary N) is 2. The molecule has 0 unspecified atom stereocenters. The predicted octanol–water partition coefficient (Wildman–Crippen LogP) is 0.800. The van der Waals surface area contributed by atoms with Crippen molar-refractivity contribution in [3.63, 3.8) is 0 Å². The Labute approximate surface area is 170 Å². The summed E-state index contributed by atoms with van der Waals surface area (Å²) in [6.07, 6.45) is 0. The maximum Gasteiger partial charge on any atom is 0.241 e. The van der Waals surface area contributed by atoms with E-state index < -0.39 is 0 Å². The van der Waals surface area contributed by atoms with E-state index in [2.05, 4.69) is 57.7 Å². The fraction of sp³-hybridized carbons (Fsp3) is 0.600. The highest BCUT2D eigenvalue weighted by molar-refractivity contribution is 5.98. The molecule has 2 aliphatic heterocycles. The van der Waals surface area contributed by atoms with Crippen molar-refractivity contribution >= 4 is 11.6 Å². The van der Waals surface area contributed by atoms with Crippen LogP contribution >= 0.6 is 0 Å². The number of anilines is 1. The van der Waals surface area contributed by atoms with Crippen LogP contribution < -0.4 is 10.2 Å². The van der Waals surface area contributed by atoms with Crippen molar-refractivity contribution in [1.82, 2.24) is 30.8 Å². The van der Waals surface area contributed by atoms with Crippen LogP contribution in [0.5, 0.6) is 0 Å². The van der Waals surface area contributed by atoms with Crippen molar-refractivity contribution in [3.8, 4) is 11.4 Å². The number of aromatic nitrogens is 4. The zero-order valence-corrected chi connectivity index (χ0v) is 17.5. The summed E-state index contributed by atoms with van der Waals surface area (Å²) in [6, 6.07) is 6.65. The summed E-state index contributed by atoms with van der Waals surface area (Å²) in [5.41, 5.74) is 2.88. The molecule has 2 atom stereocenters. The van der Waals surface area contributed by atoms with Crippen LogP contribution in [-0.2, 0) is 14.9 Å². The predicted molar refractivity (Wildman–Crippen MR) is 110 cm³/mol. The molecule has 4 rings (SSSR count). The van der Waals surface area contributed by atoms with Crippen molar-refractivity contribution in [1.29, 1.82) is 0 Å². The van der Waals surface area contributed by atoms with Gasteiger partial charge in [0.05, 0.1) is 13.2 Å². The van der Waals surface area contributed by atoms with Crippen LogP contribution in [0, 0.1) is 0 Å². The number of tetrazole rings is 1. The molecule has 1 aromatic carbocycles. The highest BCUT2D eigenvalue weighted by atomic mass is 16.5. The monoisotopic (exact) mass is 399 g/mol. The molecule has 0 bridgehead atoms. The van der Waals surface area contributed by atoms with Crippen molar-refractivity contribution in [2.24, 2.45) is 0 Å². The van der Waals surface area contributed by atoms with Gasteiger partial charge in [-0.1, -0.05) is 26.0 Å². The number of piperazine rings is 1. The van der Waals surface area contributed by atoms with Gasteiger partial charge < -0.3 is 15.0 Å². The summed E-state index contributed by atoms with van der Waals surface area (Å²) in [6.45, 7) is 9.80. The minimum atomic E-state index is -0.105. The number of ether oxygens (including phenoxy) is 1. The number of carbonyl (C=O) groups excluding carboxylic acids is 1. The van der Waals surface area contributed by atoms with Gasteiger partial charge in [0.2, 0.25) is 5.91 Å². The molecule has 2 N–H and O–H groups in total. The van der Waals surface area contributed by atoms with E-state index in [-0.39, 0.29) is 17.4 Å². The zero-order valence-electron chi connectivity index (χ0n) is 17.5. The third-order valence-electron chi connectivity index (χ3n) is 5.91. The highest BCUT2D eigenvalue weighted by Gasteiger charge is 2.39. The van der Waals surface area contributed by atoms with Gasteiger partial charge in [-0.15, -0.1) is 5.10 Å². The lowest BCUT2D eigenvalue weighted by Gasteiger charge is -2.39. The summed E-state index contributed by atoms with van der Waals surface area (Å²) in [5, 5.41) is 17.6. The number of benzene rings is 1. The molecule has 0 radical (unpaired) electrons. The van der Waals surface area contributed by atoms with Crippen LogP contribution in [0.4, 0.5) is 5.69 Å². The molecule has 1 aromatic heterocycles. The summed E-state index contributed by atoms with van der Waals surface area (Å²) in [4.78, 5) is 17.5. The van der Waals surface area contributed by atoms with Gasteiger partial charge in [-0.2, -0.15) is 0 Å². The number of hydrogen-bond acceptors (Lipinski definition) is 7. The average Bonchev–Trinajstić information content (AvgIpc) is 3.30. The molecule has 2 aliphatic rings. The molecule has 1 amide bonds. The van der Waals surface area contributed by atoms with Crippen LogP contribution in [0.2, 0.25) is 0 Å². The summed E-state index contributed by atoms with van der Waals surface area (Å²) in [7, 11) is 1.71. The van der Waals surface area contributed by atoms with Crippen LogP contribution in [0.3, 0.4) is 0 Å². The van der Waals surface area contributed by atoms with E-state index in [1.54, 1.807) is 7.11 Å².